The van der Waals surface area contributed by atoms with E-state index in [9.17, 15) is 9.59 Å². The van der Waals surface area contributed by atoms with Crippen LogP contribution in [0.3, 0.4) is 0 Å². The van der Waals surface area contributed by atoms with E-state index in [0.29, 0.717) is 12.4 Å². The molecule has 1 aromatic rings. The second-order valence-electron chi connectivity index (χ2n) is 8.03. The molecule has 1 unspecified atom stereocenters. The molecular formula is C26H32O7. The van der Waals surface area contributed by atoms with Gasteiger partial charge in [0.1, 0.15) is 12.4 Å². The summed E-state index contributed by atoms with van der Waals surface area (Å²) in [5.74, 6) is -0.0269. The number of hydrogen-bond acceptors (Lipinski definition) is 7. The summed E-state index contributed by atoms with van der Waals surface area (Å²) < 4.78 is 27.3. The zero-order valence-electron chi connectivity index (χ0n) is 19.6. The van der Waals surface area contributed by atoms with Crippen molar-refractivity contribution in [2.75, 3.05) is 19.8 Å². The Labute approximate surface area is 195 Å². The maximum Gasteiger partial charge on any atom is 0.514 e. The van der Waals surface area contributed by atoms with Crippen molar-refractivity contribution in [2.45, 2.75) is 59.2 Å². The third kappa shape index (κ3) is 7.49. The van der Waals surface area contributed by atoms with Gasteiger partial charge in [-0.3, -0.25) is 0 Å². The van der Waals surface area contributed by atoms with Crippen LogP contribution in [0, 0.1) is 13.8 Å². The average molecular weight is 457 g/mol. The molecule has 7 nitrogen and oxygen atoms in total. The minimum absolute atomic E-state index is 0.0874. The molecule has 1 atom stereocenters. The van der Waals surface area contributed by atoms with Crippen LogP contribution in [-0.2, 0) is 23.7 Å². The van der Waals surface area contributed by atoms with Crippen molar-refractivity contribution in [1.82, 2.24) is 0 Å². The first kappa shape index (κ1) is 24.6. The van der Waals surface area contributed by atoms with Gasteiger partial charge in [0.25, 0.3) is 0 Å². The predicted octanol–water partition coefficient (Wildman–Crippen LogP) is 5.54. The van der Waals surface area contributed by atoms with Crippen LogP contribution in [0.4, 0.5) is 4.79 Å². The zero-order chi connectivity index (χ0) is 23.6. The molecule has 1 saturated heterocycles. The second-order valence-corrected chi connectivity index (χ2v) is 8.03. The van der Waals surface area contributed by atoms with Crippen LogP contribution < -0.4 is 4.74 Å². The SMILES string of the molecule is CCOC(=O)/C(=C/c1cc(C)c(OC(=O)OCC2=CCCC=C2)c(C)c1)OC1CCCCO1. The molecule has 7 heteroatoms. The van der Waals surface area contributed by atoms with Crippen molar-refractivity contribution < 1.29 is 33.3 Å². The number of carbonyl (C=O) groups is 2. The fourth-order valence-corrected chi connectivity index (χ4v) is 3.70. The summed E-state index contributed by atoms with van der Waals surface area (Å²) >= 11 is 0. The number of ether oxygens (including phenoxy) is 5. The predicted molar refractivity (Wildman–Crippen MR) is 124 cm³/mol. The minimum Gasteiger partial charge on any atom is -0.460 e. The molecule has 2 aliphatic rings. The van der Waals surface area contributed by atoms with Crippen LogP contribution in [0.5, 0.6) is 5.75 Å². The number of hydrogen-bond donors (Lipinski definition) is 0. The van der Waals surface area contributed by atoms with E-state index in [1.807, 2.05) is 38.1 Å². The molecule has 3 rings (SSSR count). The number of rotatable bonds is 8. The van der Waals surface area contributed by atoms with Crippen molar-refractivity contribution in [1.29, 1.82) is 0 Å². The van der Waals surface area contributed by atoms with Crippen LogP contribution >= 0.6 is 0 Å². The van der Waals surface area contributed by atoms with Crippen LogP contribution in [0.25, 0.3) is 6.08 Å². The number of carbonyl (C=O) groups excluding carboxylic acids is 2. The topological polar surface area (TPSA) is 80.3 Å². The zero-order valence-corrected chi connectivity index (χ0v) is 19.6. The van der Waals surface area contributed by atoms with Gasteiger partial charge in [-0.25, -0.2) is 9.59 Å². The number of benzene rings is 1. The lowest BCUT2D eigenvalue weighted by Gasteiger charge is -2.24. The average Bonchev–Trinajstić information content (AvgIpc) is 2.81. The monoisotopic (exact) mass is 456 g/mol. The molecule has 1 heterocycles. The minimum atomic E-state index is -0.755. The molecule has 0 amide bonds. The molecule has 0 aromatic heterocycles. The Balaban J connectivity index is 1.71. The molecule has 0 bridgehead atoms. The van der Waals surface area contributed by atoms with Crippen molar-refractivity contribution in [3.05, 3.63) is 58.4 Å². The van der Waals surface area contributed by atoms with Gasteiger partial charge in [-0.2, -0.15) is 0 Å². The van der Waals surface area contributed by atoms with E-state index in [1.54, 1.807) is 13.0 Å². The van der Waals surface area contributed by atoms with Crippen molar-refractivity contribution in [2.24, 2.45) is 0 Å². The summed E-state index contributed by atoms with van der Waals surface area (Å²) in [6, 6.07) is 3.62. The fourth-order valence-electron chi connectivity index (χ4n) is 3.70. The summed E-state index contributed by atoms with van der Waals surface area (Å²) in [5.41, 5.74) is 3.14. The molecule has 0 spiro atoms. The van der Waals surface area contributed by atoms with Crippen molar-refractivity contribution >= 4 is 18.2 Å². The van der Waals surface area contributed by atoms with E-state index < -0.39 is 18.4 Å². The van der Waals surface area contributed by atoms with E-state index in [4.69, 9.17) is 23.7 Å². The molecular weight excluding hydrogens is 424 g/mol. The van der Waals surface area contributed by atoms with Gasteiger partial charge in [0.15, 0.2) is 6.29 Å². The summed E-state index contributed by atoms with van der Waals surface area (Å²) in [6.07, 6.45) is 11.1. The first-order valence-corrected chi connectivity index (χ1v) is 11.4. The smallest absolute Gasteiger partial charge is 0.460 e. The standard InChI is InChI=1S/C26H32O7/c1-4-29-25(27)22(32-23-12-8-9-13-30-23)16-21-14-18(2)24(19(3)15-21)33-26(28)31-17-20-10-6-5-7-11-20/h6,10-11,14-16,23H,4-5,7-9,12-13,17H2,1-3H3/b22-16-. The van der Waals surface area contributed by atoms with Gasteiger partial charge < -0.3 is 23.7 Å². The van der Waals surface area contributed by atoms with Crippen LogP contribution in [0.15, 0.2) is 41.7 Å². The first-order chi connectivity index (χ1) is 16.0. The molecule has 33 heavy (non-hydrogen) atoms. The molecule has 0 radical (unpaired) electrons. The van der Waals surface area contributed by atoms with Crippen molar-refractivity contribution in [3.63, 3.8) is 0 Å². The summed E-state index contributed by atoms with van der Waals surface area (Å²) in [4.78, 5) is 24.6. The Morgan fingerprint density at radius 1 is 1.12 bits per heavy atom. The Bertz CT molecular complexity index is 913. The van der Waals surface area contributed by atoms with Crippen LogP contribution in [-0.4, -0.2) is 38.2 Å². The highest BCUT2D eigenvalue weighted by Gasteiger charge is 2.22. The first-order valence-electron chi connectivity index (χ1n) is 11.4. The summed E-state index contributed by atoms with van der Waals surface area (Å²) in [5, 5.41) is 0. The van der Waals surface area contributed by atoms with E-state index in [-0.39, 0.29) is 19.0 Å². The fraction of sp³-hybridized carbons (Fsp3) is 0.462. The summed E-state index contributed by atoms with van der Waals surface area (Å²) in [7, 11) is 0. The van der Waals surface area contributed by atoms with Gasteiger partial charge in [0, 0.05) is 6.42 Å². The van der Waals surface area contributed by atoms with Crippen LogP contribution in [0.1, 0.15) is 55.7 Å². The van der Waals surface area contributed by atoms with Gasteiger partial charge >= 0.3 is 12.1 Å². The maximum absolute atomic E-state index is 12.4. The lowest BCUT2D eigenvalue weighted by molar-refractivity contribution is -0.162. The number of allylic oxidation sites excluding steroid dienone is 2. The molecule has 0 saturated carbocycles. The van der Waals surface area contributed by atoms with Gasteiger partial charge in [0.2, 0.25) is 5.76 Å². The Hall–Kier alpha value is -3.06. The van der Waals surface area contributed by atoms with E-state index in [1.165, 1.54) is 0 Å². The lowest BCUT2D eigenvalue weighted by Crippen LogP contribution is -2.24. The Morgan fingerprint density at radius 3 is 2.55 bits per heavy atom. The largest absolute Gasteiger partial charge is 0.514 e. The maximum atomic E-state index is 12.4. The van der Waals surface area contributed by atoms with Gasteiger partial charge in [0.05, 0.1) is 13.2 Å². The van der Waals surface area contributed by atoms with Crippen molar-refractivity contribution in [3.8, 4) is 5.75 Å². The van der Waals surface area contributed by atoms with E-state index in [0.717, 1.165) is 54.4 Å². The Morgan fingerprint density at radius 2 is 1.91 bits per heavy atom. The molecule has 178 valence electrons. The molecule has 0 N–H and O–H groups in total. The lowest BCUT2D eigenvalue weighted by atomic mass is 10.0. The summed E-state index contributed by atoms with van der Waals surface area (Å²) in [6.45, 7) is 6.42. The molecule has 1 aliphatic heterocycles. The van der Waals surface area contributed by atoms with Crippen LogP contribution in [0.2, 0.25) is 0 Å². The van der Waals surface area contributed by atoms with E-state index in [2.05, 4.69) is 6.08 Å². The molecule has 1 aliphatic carbocycles. The highest BCUT2D eigenvalue weighted by molar-refractivity contribution is 5.91. The van der Waals surface area contributed by atoms with Gasteiger partial charge in [-0.1, -0.05) is 18.2 Å². The van der Waals surface area contributed by atoms with Gasteiger partial charge in [-0.15, -0.1) is 0 Å². The van der Waals surface area contributed by atoms with E-state index >= 15 is 0 Å². The number of esters is 1. The number of aryl methyl sites for hydroxylation is 2. The highest BCUT2D eigenvalue weighted by Crippen LogP contribution is 2.27. The third-order valence-electron chi connectivity index (χ3n) is 5.27. The third-order valence-corrected chi connectivity index (χ3v) is 5.27. The highest BCUT2D eigenvalue weighted by atomic mass is 16.7. The normalized spacial score (nSPS) is 18.3. The van der Waals surface area contributed by atoms with Gasteiger partial charge in [-0.05, 0) is 86.9 Å². The molecule has 1 aromatic carbocycles. The molecule has 1 fully saturated rings. The quantitative estimate of drug-likeness (QED) is 0.220. The Kier molecular flexibility index (Phi) is 9.13. The second kappa shape index (κ2) is 12.3.